The Balaban J connectivity index is 0.948. The maximum absolute atomic E-state index is 12.0. The van der Waals surface area contributed by atoms with Crippen molar-refractivity contribution in [1.29, 1.82) is 0 Å². The van der Waals surface area contributed by atoms with Crippen LogP contribution in [0.1, 0.15) is 77.5 Å². The number of anilines is 2. The summed E-state index contributed by atoms with van der Waals surface area (Å²) in [6.07, 6.45) is 14.5. The standard InChI is InChI=1S/C52H60N16O2/c1-33(69)67-21-17-39(18-22-67)68-32-38(30-57-68)58-51-56-31-41-40(28-43-46(49(41)61-51)44(65(3)63-43)26-34-10-7-6-8-11-34)35-12-9-13-36(27-35)50-47-42(62-66(50)4)15-14-37-29-55-52(60-48(37)47)59-45(53)16-19-54-20-23-64(2)24-25-70-5/h6-13,19,27,29-32,39-40H,14-18,20-26,28H2,1-5H3,(H,56,58,61)(H2,53,55,59,60). The number of ether oxygens (including phenoxy) is 1. The fourth-order valence-corrected chi connectivity index (χ4v) is 10.1. The van der Waals surface area contributed by atoms with Crippen LogP contribution < -0.4 is 11.1 Å². The Morgan fingerprint density at radius 2 is 1.77 bits per heavy atom. The fourth-order valence-electron chi connectivity index (χ4n) is 10.1. The van der Waals surface area contributed by atoms with E-state index in [1.165, 1.54) is 5.56 Å². The summed E-state index contributed by atoms with van der Waals surface area (Å²) in [5.41, 5.74) is 20.4. The predicted octanol–water partition coefficient (Wildman–Crippen LogP) is 6.26. The number of benzene rings is 2. The molecule has 3 N–H and O–H groups in total. The summed E-state index contributed by atoms with van der Waals surface area (Å²) in [7, 11) is 7.79. The second kappa shape index (κ2) is 20.3. The van der Waals surface area contributed by atoms with Gasteiger partial charge in [-0.25, -0.2) is 19.9 Å². The molecule has 6 heterocycles. The quantitative estimate of drug-likeness (QED) is 0.0815. The molecule has 0 saturated carbocycles. The molecule has 0 bridgehead atoms. The number of nitrogens with zero attached hydrogens (tertiary/aromatic N) is 14. The van der Waals surface area contributed by atoms with Crippen molar-refractivity contribution in [2.45, 2.75) is 63.8 Å². The van der Waals surface area contributed by atoms with E-state index in [0.717, 1.165) is 125 Å². The second-order valence-corrected chi connectivity index (χ2v) is 18.5. The molecule has 5 aromatic heterocycles. The normalized spacial score (nSPS) is 15.8. The van der Waals surface area contributed by atoms with E-state index in [4.69, 9.17) is 40.7 Å². The lowest BCUT2D eigenvalue weighted by Crippen LogP contribution is -2.37. The Bertz CT molecular complexity index is 3070. The molecule has 3 aliphatic rings. The van der Waals surface area contributed by atoms with E-state index in [9.17, 15) is 4.79 Å². The van der Waals surface area contributed by atoms with Crippen molar-refractivity contribution in [2.24, 2.45) is 29.8 Å². The minimum Gasteiger partial charge on any atom is -0.387 e. The van der Waals surface area contributed by atoms with Gasteiger partial charge in [-0.05, 0) is 55.5 Å². The molecule has 2 aromatic carbocycles. The summed E-state index contributed by atoms with van der Waals surface area (Å²) in [4.78, 5) is 45.1. The van der Waals surface area contributed by atoms with Gasteiger partial charge in [-0.15, -0.1) is 0 Å². The van der Waals surface area contributed by atoms with Crippen LogP contribution in [0.5, 0.6) is 0 Å². The molecule has 1 amide bonds. The van der Waals surface area contributed by atoms with Crippen molar-refractivity contribution in [3.63, 3.8) is 0 Å². The van der Waals surface area contributed by atoms with Crippen LogP contribution in [0.25, 0.3) is 33.8 Å². The Hall–Kier alpha value is -7.44. The van der Waals surface area contributed by atoms with Crippen molar-refractivity contribution in [1.82, 2.24) is 59.1 Å². The zero-order valence-corrected chi connectivity index (χ0v) is 40.6. The Morgan fingerprint density at radius 3 is 2.59 bits per heavy atom. The summed E-state index contributed by atoms with van der Waals surface area (Å²) >= 11 is 0. The molecule has 70 heavy (non-hydrogen) atoms. The van der Waals surface area contributed by atoms with Crippen molar-refractivity contribution in [3.05, 3.63) is 119 Å². The number of likely N-dealkylation sites (tertiary alicyclic amines) is 1. The van der Waals surface area contributed by atoms with Crippen molar-refractivity contribution < 1.29 is 9.53 Å². The molecule has 10 rings (SSSR count). The van der Waals surface area contributed by atoms with Crippen LogP contribution in [-0.2, 0) is 49.3 Å². The van der Waals surface area contributed by atoms with Gasteiger partial charge in [0, 0.05) is 127 Å². The van der Waals surface area contributed by atoms with Gasteiger partial charge < -0.3 is 25.6 Å². The maximum Gasteiger partial charge on any atom is 0.251 e. The van der Waals surface area contributed by atoms with Crippen molar-refractivity contribution in [3.8, 4) is 33.8 Å². The van der Waals surface area contributed by atoms with E-state index in [1.54, 1.807) is 20.2 Å². The number of nitrogens with one attached hydrogen (secondary N) is 1. The van der Waals surface area contributed by atoms with Gasteiger partial charge in [0.25, 0.3) is 5.95 Å². The molecule has 0 radical (unpaired) electrons. The molecule has 0 spiro atoms. The minimum absolute atomic E-state index is 0.0812. The molecule has 2 aliphatic carbocycles. The number of fused-ring (bicyclic) bond motifs is 6. The third-order valence-electron chi connectivity index (χ3n) is 13.8. The molecule has 360 valence electrons. The highest BCUT2D eigenvalue weighted by Crippen LogP contribution is 2.46. The summed E-state index contributed by atoms with van der Waals surface area (Å²) in [6.45, 7) is 6.12. The van der Waals surface area contributed by atoms with Crippen LogP contribution in [0.2, 0.25) is 0 Å². The average molecular weight is 941 g/mol. The number of hydrogen-bond donors (Lipinski definition) is 2. The number of hydrogen-bond acceptors (Lipinski definition) is 13. The summed E-state index contributed by atoms with van der Waals surface area (Å²) < 4.78 is 11.2. The Kier molecular flexibility index (Phi) is 13.4. The largest absolute Gasteiger partial charge is 0.387 e. The molecular formula is C52H60N16O2. The van der Waals surface area contributed by atoms with Gasteiger partial charge >= 0.3 is 0 Å². The van der Waals surface area contributed by atoms with Gasteiger partial charge in [-0.3, -0.25) is 23.8 Å². The van der Waals surface area contributed by atoms with Crippen LogP contribution in [-0.4, -0.2) is 131 Å². The van der Waals surface area contributed by atoms with Crippen LogP contribution in [0.3, 0.4) is 0 Å². The topological polar surface area (TPSA) is 201 Å². The van der Waals surface area contributed by atoms with Crippen molar-refractivity contribution in [2.75, 3.05) is 58.8 Å². The van der Waals surface area contributed by atoms with Gasteiger partial charge in [-0.1, -0.05) is 48.5 Å². The van der Waals surface area contributed by atoms with E-state index >= 15 is 0 Å². The Morgan fingerprint density at radius 1 is 0.943 bits per heavy atom. The minimum atomic E-state index is -0.0812. The predicted molar refractivity (Wildman–Crippen MR) is 271 cm³/mol. The van der Waals surface area contributed by atoms with Crippen molar-refractivity contribution >= 4 is 35.5 Å². The van der Waals surface area contributed by atoms with Gasteiger partial charge in [0.2, 0.25) is 11.9 Å². The molecule has 1 saturated heterocycles. The number of methoxy groups -OCH3 is 1. The monoisotopic (exact) mass is 941 g/mol. The first-order chi connectivity index (χ1) is 34.1. The number of likely N-dealkylation sites (N-methyl/N-ethyl adjacent to an activating group) is 1. The molecule has 1 fully saturated rings. The number of amidine groups is 1. The number of amides is 1. The van der Waals surface area contributed by atoms with E-state index in [0.29, 0.717) is 50.1 Å². The number of nitrogens with two attached hydrogens (primary N) is 1. The number of carbonyl (C=O) groups excluding carboxylic acids is 1. The summed E-state index contributed by atoms with van der Waals surface area (Å²) in [5.74, 6) is 1.23. The first kappa shape index (κ1) is 46.3. The van der Waals surface area contributed by atoms with Crippen LogP contribution in [0.15, 0.2) is 89.4 Å². The molecule has 18 heteroatoms. The molecule has 18 nitrogen and oxygen atoms in total. The first-order valence-electron chi connectivity index (χ1n) is 24.1. The number of carbonyl (C=O) groups is 1. The molecule has 1 aliphatic heterocycles. The van der Waals surface area contributed by atoms with Crippen LogP contribution in [0, 0.1) is 0 Å². The number of piperidine rings is 1. The molecule has 1 atom stereocenters. The smallest absolute Gasteiger partial charge is 0.251 e. The zero-order chi connectivity index (χ0) is 48.3. The van der Waals surface area contributed by atoms with E-state index in [1.807, 2.05) is 63.9 Å². The Labute approximate surface area is 407 Å². The summed E-state index contributed by atoms with van der Waals surface area (Å²) in [5, 5.41) is 18.4. The van der Waals surface area contributed by atoms with Gasteiger partial charge in [0.1, 0.15) is 5.84 Å². The lowest BCUT2D eigenvalue weighted by Gasteiger charge is -2.31. The second-order valence-electron chi connectivity index (χ2n) is 18.5. The molecule has 7 aromatic rings. The number of aromatic nitrogens is 10. The van der Waals surface area contributed by atoms with E-state index < -0.39 is 0 Å². The SMILES string of the molecule is COCCN(C)CCN=CCC(N)=Nc1ncc2c(n1)-c1c(nn(C)c1-c1cccc(C3Cc4nn(C)c(Cc5ccccc5)c4-c4nc(Nc5cnn(C6CCN(C(C)=O)CC6)c5)ncc43)c1)CC2. The van der Waals surface area contributed by atoms with Crippen LogP contribution in [0.4, 0.5) is 17.6 Å². The molecular weight excluding hydrogens is 881 g/mol. The molecule has 1 unspecified atom stereocenters. The van der Waals surface area contributed by atoms with Gasteiger partial charge in [0.15, 0.2) is 0 Å². The number of rotatable bonds is 16. The highest BCUT2D eigenvalue weighted by Gasteiger charge is 2.34. The van der Waals surface area contributed by atoms with E-state index in [-0.39, 0.29) is 17.9 Å². The fraction of sp³-hybridized carbons (Fsp3) is 0.385. The third kappa shape index (κ3) is 9.73. The average Bonchev–Trinajstić information content (AvgIpc) is 4.07. The van der Waals surface area contributed by atoms with E-state index in [2.05, 4.69) is 80.8 Å². The summed E-state index contributed by atoms with van der Waals surface area (Å²) in [6, 6.07) is 19.4. The lowest BCUT2D eigenvalue weighted by molar-refractivity contribution is -0.130. The van der Waals surface area contributed by atoms with Gasteiger partial charge in [-0.2, -0.15) is 20.3 Å². The van der Waals surface area contributed by atoms with Gasteiger partial charge in [0.05, 0.1) is 65.2 Å². The lowest BCUT2D eigenvalue weighted by atomic mass is 9.79. The van der Waals surface area contributed by atoms with Crippen LogP contribution >= 0.6 is 0 Å². The highest BCUT2D eigenvalue weighted by molar-refractivity contribution is 5.94. The maximum atomic E-state index is 12.0. The first-order valence-corrected chi connectivity index (χ1v) is 24.1. The number of aryl methyl sites for hydroxylation is 4. The highest BCUT2D eigenvalue weighted by atomic mass is 16.5. The zero-order valence-electron chi connectivity index (χ0n) is 40.6. The number of aliphatic imine (C=N–C) groups is 2. The third-order valence-corrected chi connectivity index (χ3v) is 13.8.